The van der Waals surface area contributed by atoms with Crippen LogP contribution in [0.15, 0.2) is 35.4 Å². The number of aryl methyl sites for hydroxylation is 3. The normalized spacial score (nSPS) is 11.5. The highest BCUT2D eigenvalue weighted by Gasteiger charge is 2.20. The highest BCUT2D eigenvalue weighted by molar-refractivity contribution is 7.92. The number of hydrogen-bond acceptors (Lipinski definition) is 3. The summed E-state index contributed by atoms with van der Waals surface area (Å²) in [6.07, 6.45) is 1.55. The third-order valence-corrected chi connectivity index (χ3v) is 4.37. The van der Waals surface area contributed by atoms with Gasteiger partial charge in [0.25, 0.3) is 10.0 Å². The van der Waals surface area contributed by atoms with Gasteiger partial charge in [-0.15, -0.1) is 0 Å². The van der Waals surface area contributed by atoms with Crippen molar-refractivity contribution in [2.75, 3.05) is 4.72 Å². The quantitative estimate of drug-likeness (QED) is 0.934. The molecule has 6 heteroatoms. The number of hydrogen-bond donors (Lipinski definition) is 1. The maximum atomic E-state index is 12.3. The van der Waals surface area contributed by atoms with Crippen LogP contribution in [0.2, 0.25) is 0 Å². The Labute approximate surface area is 113 Å². The van der Waals surface area contributed by atoms with Crippen LogP contribution in [0.1, 0.15) is 18.2 Å². The number of aromatic nitrogens is 2. The van der Waals surface area contributed by atoms with Gasteiger partial charge in [0.05, 0.1) is 11.4 Å². The van der Waals surface area contributed by atoms with Crippen molar-refractivity contribution in [2.45, 2.75) is 32.2 Å². The van der Waals surface area contributed by atoms with Crippen LogP contribution in [0.25, 0.3) is 0 Å². The SMILES string of the molecule is CCn1cc(S(=O)(=O)Nc2ccccc2C)c(C)n1. The van der Waals surface area contributed by atoms with Gasteiger partial charge in [0, 0.05) is 12.7 Å². The van der Waals surface area contributed by atoms with E-state index in [-0.39, 0.29) is 4.90 Å². The lowest BCUT2D eigenvalue weighted by Crippen LogP contribution is -2.14. The molecular weight excluding hydrogens is 262 g/mol. The highest BCUT2D eigenvalue weighted by atomic mass is 32.2. The number of nitrogens with zero attached hydrogens (tertiary/aromatic N) is 2. The van der Waals surface area contributed by atoms with E-state index in [2.05, 4.69) is 9.82 Å². The predicted molar refractivity (Wildman–Crippen MR) is 74.6 cm³/mol. The van der Waals surface area contributed by atoms with Gasteiger partial charge in [-0.25, -0.2) is 8.42 Å². The summed E-state index contributed by atoms with van der Waals surface area (Å²) < 4.78 is 28.9. The van der Waals surface area contributed by atoms with E-state index < -0.39 is 10.0 Å². The molecule has 0 spiro atoms. The zero-order valence-electron chi connectivity index (χ0n) is 11.2. The molecule has 2 aromatic rings. The molecule has 1 N–H and O–H groups in total. The van der Waals surface area contributed by atoms with Gasteiger partial charge in [-0.2, -0.15) is 5.10 Å². The average Bonchev–Trinajstić information content (AvgIpc) is 2.74. The molecule has 1 heterocycles. The van der Waals surface area contributed by atoms with Crippen LogP contribution < -0.4 is 4.72 Å². The summed E-state index contributed by atoms with van der Waals surface area (Å²) in [6, 6.07) is 7.27. The molecule has 0 aliphatic carbocycles. The molecule has 0 bridgehead atoms. The van der Waals surface area contributed by atoms with E-state index in [1.165, 1.54) is 0 Å². The topological polar surface area (TPSA) is 64.0 Å². The van der Waals surface area contributed by atoms with Crippen molar-refractivity contribution in [1.82, 2.24) is 9.78 Å². The van der Waals surface area contributed by atoms with Crippen LogP contribution in [0.3, 0.4) is 0 Å². The lowest BCUT2D eigenvalue weighted by Gasteiger charge is -2.09. The van der Waals surface area contributed by atoms with E-state index in [1.807, 2.05) is 26.0 Å². The van der Waals surface area contributed by atoms with E-state index in [0.29, 0.717) is 17.9 Å². The Balaban J connectivity index is 2.38. The first-order valence-electron chi connectivity index (χ1n) is 6.06. The molecule has 0 unspecified atom stereocenters. The summed E-state index contributed by atoms with van der Waals surface area (Å²) in [5, 5.41) is 4.16. The van der Waals surface area contributed by atoms with Crippen molar-refractivity contribution in [3.8, 4) is 0 Å². The molecule has 0 atom stereocenters. The fourth-order valence-electron chi connectivity index (χ4n) is 1.81. The van der Waals surface area contributed by atoms with Crippen LogP contribution in [-0.4, -0.2) is 18.2 Å². The predicted octanol–water partition coefficient (Wildman–Crippen LogP) is 2.32. The molecule has 0 aliphatic rings. The molecule has 1 aromatic heterocycles. The number of para-hydroxylation sites is 1. The molecular formula is C13H17N3O2S. The Morgan fingerprint density at radius 3 is 2.53 bits per heavy atom. The average molecular weight is 279 g/mol. The van der Waals surface area contributed by atoms with Gasteiger partial charge in [0.2, 0.25) is 0 Å². The molecule has 0 saturated heterocycles. The largest absolute Gasteiger partial charge is 0.279 e. The van der Waals surface area contributed by atoms with Crippen molar-refractivity contribution >= 4 is 15.7 Å². The summed E-state index contributed by atoms with van der Waals surface area (Å²) >= 11 is 0. The van der Waals surface area contributed by atoms with Crippen molar-refractivity contribution in [3.63, 3.8) is 0 Å². The summed E-state index contributed by atoms with van der Waals surface area (Å²) in [5.41, 5.74) is 1.97. The fraction of sp³-hybridized carbons (Fsp3) is 0.308. The van der Waals surface area contributed by atoms with E-state index in [9.17, 15) is 8.42 Å². The summed E-state index contributed by atoms with van der Waals surface area (Å²) in [5.74, 6) is 0. The Morgan fingerprint density at radius 1 is 1.26 bits per heavy atom. The molecule has 19 heavy (non-hydrogen) atoms. The van der Waals surface area contributed by atoms with Gasteiger partial charge in [0.1, 0.15) is 4.90 Å². The number of sulfonamides is 1. The monoisotopic (exact) mass is 279 g/mol. The lowest BCUT2D eigenvalue weighted by molar-refractivity contribution is 0.600. The minimum Gasteiger partial charge on any atom is -0.279 e. The third kappa shape index (κ3) is 2.78. The molecule has 0 fully saturated rings. The standard InChI is InChI=1S/C13H17N3O2S/c1-4-16-9-13(11(3)14-16)19(17,18)15-12-8-6-5-7-10(12)2/h5-9,15H,4H2,1-3H3. The van der Waals surface area contributed by atoms with Crippen molar-refractivity contribution in [1.29, 1.82) is 0 Å². The van der Waals surface area contributed by atoms with E-state index in [1.54, 1.807) is 29.9 Å². The van der Waals surface area contributed by atoms with Crippen molar-refractivity contribution < 1.29 is 8.42 Å². The summed E-state index contributed by atoms with van der Waals surface area (Å²) in [4.78, 5) is 0.220. The van der Waals surface area contributed by atoms with Gasteiger partial charge in [-0.3, -0.25) is 9.40 Å². The Bertz CT molecular complexity index is 690. The van der Waals surface area contributed by atoms with Crippen LogP contribution in [0.5, 0.6) is 0 Å². The van der Waals surface area contributed by atoms with Crippen molar-refractivity contribution in [3.05, 3.63) is 41.7 Å². The summed E-state index contributed by atoms with van der Waals surface area (Å²) in [7, 11) is -3.59. The van der Waals surface area contributed by atoms with Gasteiger partial charge in [-0.1, -0.05) is 18.2 Å². The van der Waals surface area contributed by atoms with Crippen LogP contribution >= 0.6 is 0 Å². The van der Waals surface area contributed by atoms with Crippen LogP contribution in [0, 0.1) is 13.8 Å². The first-order chi connectivity index (χ1) is 8.94. The zero-order valence-corrected chi connectivity index (χ0v) is 12.0. The molecule has 102 valence electrons. The number of rotatable bonds is 4. The first kappa shape index (κ1) is 13.6. The Kier molecular flexibility index (Phi) is 3.61. The van der Waals surface area contributed by atoms with Gasteiger partial charge >= 0.3 is 0 Å². The molecule has 0 aliphatic heterocycles. The molecule has 1 aromatic carbocycles. The second kappa shape index (κ2) is 5.05. The molecule has 0 radical (unpaired) electrons. The van der Waals surface area contributed by atoms with Crippen LogP contribution in [-0.2, 0) is 16.6 Å². The van der Waals surface area contributed by atoms with Crippen molar-refractivity contribution in [2.24, 2.45) is 0 Å². The van der Waals surface area contributed by atoms with E-state index >= 15 is 0 Å². The molecule has 0 amide bonds. The minimum absolute atomic E-state index is 0.220. The van der Waals surface area contributed by atoms with E-state index in [0.717, 1.165) is 5.56 Å². The first-order valence-corrected chi connectivity index (χ1v) is 7.55. The number of benzene rings is 1. The summed E-state index contributed by atoms with van der Waals surface area (Å²) in [6.45, 7) is 6.11. The highest BCUT2D eigenvalue weighted by Crippen LogP contribution is 2.20. The second-order valence-electron chi connectivity index (χ2n) is 4.35. The molecule has 2 rings (SSSR count). The minimum atomic E-state index is -3.59. The second-order valence-corrected chi connectivity index (χ2v) is 6.01. The van der Waals surface area contributed by atoms with Crippen LogP contribution in [0.4, 0.5) is 5.69 Å². The Hall–Kier alpha value is -1.82. The molecule has 0 saturated carbocycles. The zero-order chi connectivity index (χ0) is 14.0. The fourth-order valence-corrected chi connectivity index (χ4v) is 3.13. The Morgan fingerprint density at radius 2 is 1.95 bits per heavy atom. The molecule has 5 nitrogen and oxygen atoms in total. The number of anilines is 1. The third-order valence-electron chi connectivity index (χ3n) is 2.90. The maximum absolute atomic E-state index is 12.3. The maximum Gasteiger partial charge on any atom is 0.265 e. The van der Waals surface area contributed by atoms with Gasteiger partial charge in [0.15, 0.2) is 0 Å². The lowest BCUT2D eigenvalue weighted by atomic mass is 10.2. The smallest absolute Gasteiger partial charge is 0.265 e. The van der Waals surface area contributed by atoms with E-state index in [4.69, 9.17) is 0 Å². The van der Waals surface area contributed by atoms with Gasteiger partial charge in [-0.05, 0) is 32.4 Å². The number of nitrogens with one attached hydrogen (secondary N) is 1. The van der Waals surface area contributed by atoms with Gasteiger partial charge < -0.3 is 0 Å².